The largest absolute Gasteiger partial charge is 0.398 e. The number of carbonyl (C=O) groups excluding carboxylic acids is 1. The van der Waals surface area contributed by atoms with Crippen molar-refractivity contribution in [3.8, 4) is 0 Å². The van der Waals surface area contributed by atoms with Crippen LogP contribution >= 0.6 is 27.5 Å². The highest BCUT2D eigenvalue weighted by atomic mass is 79.9. The molecule has 0 aliphatic rings. The van der Waals surface area contributed by atoms with Crippen LogP contribution in [0.4, 0.5) is 15.8 Å². The molecule has 2 aromatic carbocycles. The summed E-state index contributed by atoms with van der Waals surface area (Å²) in [7, 11) is 0. The molecule has 0 saturated heterocycles. The number of nitrogen functional groups attached to an aromatic ring is 1. The highest BCUT2D eigenvalue weighted by Gasteiger charge is 2.14. The van der Waals surface area contributed by atoms with Crippen LogP contribution in [0, 0.1) is 12.7 Å². The Morgan fingerprint density at radius 1 is 1.40 bits per heavy atom. The van der Waals surface area contributed by atoms with E-state index in [0.717, 1.165) is 5.56 Å². The Kier molecular flexibility index (Phi) is 4.30. The average Bonchev–Trinajstić information content (AvgIpc) is 2.39. The van der Waals surface area contributed by atoms with Gasteiger partial charge in [0.15, 0.2) is 0 Å². The molecule has 3 nitrogen and oxygen atoms in total. The maximum atomic E-state index is 13.4. The number of halogens is 3. The lowest BCUT2D eigenvalue weighted by Gasteiger charge is -2.11. The minimum absolute atomic E-state index is 0.122. The number of hydrogen-bond acceptors (Lipinski definition) is 2. The molecule has 0 atom stereocenters. The molecule has 0 heterocycles. The number of anilines is 2. The van der Waals surface area contributed by atoms with E-state index in [9.17, 15) is 9.18 Å². The number of nitrogens with two attached hydrogens (primary N) is 1. The lowest BCUT2D eigenvalue weighted by Crippen LogP contribution is -2.14. The monoisotopic (exact) mass is 356 g/mol. The van der Waals surface area contributed by atoms with Crippen LogP contribution in [0.1, 0.15) is 15.9 Å². The standard InChI is InChI=1S/C14H11BrClFN2O/c1-7-5-11(18)9(16)6-12(7)19-14(20)8-3-2-4-10(17)13(8)15/h2-6H,18H2,1H3,(H,19,20). The predicted molar refractivity (Wildman–Crippen MR) is 82.7 cm³/mol. The number of hydrogen-bond donors (Lipinski definition) is 2. The Labute approximate surface area is 129 Å². The molecule has 0 saturated carbocycles. The van der Waals surface area contributed by atoms with Gasteiger partial charge in [-0.2, -0.15) is 0 Å². The molecule has 0 radical (unpaired) electrons. The minimum atomic E-state index is -0.496. The van der Waals surface area contributed by atoms with Gasteiger partial charge in [0.05, 0.1) is 20.7 Å². The first kappa shape index (κ1) is 14.8. The summed E-state index contributed by atoms with van der Waals surface area (Å²) >= 11 is 8.98. The van der Waals surface area contributed by atoms with Gasteiger partial charge in [-0.25, -0.2) is 4.39 Å². The van der Waals surface area contributed by atoms with Gasteiger partial charge in [0, 0.05) is 5.69 Å². The Balaban J connectivity index is 2.33. The van der Waals surface area contributed by atoms with Crippen LogP contribution in [0.15, 0.2) is 34.8 Å². The van der Waals surface area contributed by atoms with Crippen molar-refractivity contribution in [2.75, 3.05) is 11.1 Å². The second kappa shape index (κ2) is 5.81. The van der Waals surface area contributed by atoms with Crippen molar-refractivity contribution in [1.82, 2.24) is 0 Å². The Bertz CT molecular complexity index is 691. The molecular formula is C14H11BrClFN2O. The average molecular weight is 358 g/mol. The molecule has 0 bridgehead atoms. The molecule has 1 amide bonds. The molecule has 0 spiro atoms. The van der Waals surface area contributed by atoms with Crippen LogP contribution in [-0.4, -0.2) is 5.91 Å². The van der Waals surface area contributed by atoms with Crippen LogP contribution in [0.25, 0.3) is 0 Å². The van der Waals surface area contributed by atoms with E-state index in [1.165, 1.54) is 18.2 Å². The van der Waals surface area contributed by atoms with Crippen LogP contribution < -0.4 is 11.1 Å². The number of rotatable bonds is 2. The second-order valence-electron chi connectivity index (χ2n) is 4.24. The van der Waals surface area contributed by atoms with Gasteiger partial charge in [0.25, 0.3) is 5.91 Å². The first-order chi connectivity index (χ1) is 9.40. The fraction of sp³-hybridized carbons (Fsp3) is 0.0714. The molecule has 3 N–H and O–H groups in total. The van der Waals surface area contributed by atoms with E-state index in [2.05, 4.69) is 21.2 Å². The van der Waals surface area contributed by atoms with Crippen LogP contribution in [0.3, 0.4) is 0 Å². The Hall–Kier alpha value is -1.59. The maximum absolute atomic E-state index is 13.4. The molecule has 0 fully saturated rings. The summed E-state index contributed by atoms with van der Waals surface area (Å²) in [5, 5.41) is 3.04. The molecular weight excluding hydrogens is 347 g/mol. The summed E-state index contributed by atoms with van der Waals surface area (Å²) in [6.07, 6.45) is 0. The normalized spacial score (nSPS) is 10.4. The van der Waals surface area contributed by atoms with E-state index in [1.54, 1.807) is 19.1 Å². The smallest absolute Gasteiger partial charge is 0.256 e. The number of amides is 1. The zero-order valence-corrected chi connectivity index (χ0v) is 12.8. The third kappa shape index (κ3) is 2.94. The summed E-state index contributed by atoms with van der Waals surface area (Å²) in [5.74, 6) is -0.926. The SMILES string of the molecule is Cc1cc(N)c(Cl)cc1NC(=O)c1cccc(F)c1Br. The summed E-state index contributed by atoms with van der Waals surface area (Å²) < 4.78 is 13.5. The van der Waals surface area contributed by atoms with E-state index >= 15 is 0 Å². The summed E-state index contributed by atoms with van der Waals surface area (Å²) in [6.45, 7) is 1.79. The van der Waals surface area contributed by atoms with Crippen LogP contribution in [0.2, 0.25) is 5.02 Å². The second-order valence-corrected chi connectivity index (χ2v) is 5.44. The van der Waals surface area contributed by atoms with Gasteiger partial charge in [-0.1, -0.05) is 17.7 Å². The maximum Gasteiger partial charge on any atom is 0.256 e. The molecule has 2 rings (SSSR count). The van der Waals surface area contributed by atoms with Gasteiger partial charge in [-0.15, -0.1) is 0 Å². The van der Waals surface area contributed by atoms with E-state index in [4.69, 9.17) is 17.3 Å². The van der Waals surface area contributed by atoms with Crippen LogP contribution in [0.5, 0.6) is 0 Å². The van der Waals surface area contributed by atoms with Crippen molar-refractivity contribution < 1.29 is 9.18 Å². The predicted octanol–water partition coefficient (Wildman–Crippen LogP) is 4.38. The van der Waals surface area contributed by atoms with Crippen molar-refractivity contribution in [3.05, 3.63) is 56.8 Å². The molecule has 0 aromatic heterocycles. The van der Waals surface area contributed by atoms with Gasteiger partial charge in [0.2, 0.25) is 0 Å². The highest BCUT2D eigenvalue weighted by Crippen LogP contribution is 2.28. The van der Waals surface area contributed by atoms with Crippen molar-refractivity contribution in [1.29, 1.82) is 0 Å². The van der Waals surface area contributed by atoms with E-state index in [0.29, 0.717) is 16.4 Å². The molecule has 104 valence electrons. The van der Waals surface area contributed by atoms with Gasteiger partial charge < -0.3 is 11.1 Å². The molecule has 20 heavy (non-hydrogen) atoms. The zero-order valence-electron chi connectivity index (χ0n) is 10.5. The van der Waals surface area contributed by atoms with Gasteiger partial charge in [-0.3, -0.25) is 4.79 Å². The fourth-order valence-electron chi connectivity index (χ4n) is 1.71. The Morgan fingerprint density at radius 3 is 2.80 bits per heavy atom. The van der Waals surface area contributed by atoms with Crippen molar-refractivity contribution >= 4 is 44.8 Å². The van der Waals surface area contributed by atoms with Gasteiger partial charge in [0.1, 0.15) is 5.82 Å². The lowest BCUT2D eigenvalue weighted by molar-refractivity contribution is 0.102. The van der Waals surface area contributed by atoms with Gasteiger partial charge in [-0.05, 0) is 52.7 Å². The first-order valence-electron chi connectivity index (χ1n) is 5.71. The summed E-state index contributed by atoms with van der Waals surface area (Å²) in [5.41, 5.74) is 7.62. The first-order valence-corrected chi connectivity index (χ1v) is 6.88. The topological polar surface area (TPSA) is 55.1 Å². The highest BCUT2D eigenvalue weighted by molar-refractivity contribution is 9.10. The van der Waals surface area contributed by atoms with E-state index < -0.39 is 11.7 Å². The molecule has 2 aromatic rings. The van der Waals surface area contributed by atoms with E-state index in [1.807, 2.05) is 0 Å². The quantitative estimate of drug-likeness (QED) is 0.783. The van der Waals surface area contributed by atoms with Crippen molar-refractivity contribution in [2.24, 2.45) is 0 Å². The van der Waals surface area contributed by atoms with Crippen molar-refractivity contribution in [3.63, 3.8) is 0 Å². The van der Waals surface area contributed by atoms with Gasteiger partial charge >= 0.3 is 0 Å². The lowest BCUT2D eigenvalue weighted by atomic mass is 10.1. The summed E-state index contributed by atoms with van der Waals surface area (Å²) in [4.78, 5) is 12.2. The van der Waals surface area contributed by atoms with Crippen LogP contribution in [-0.2, 0) is 0 Å². The molecule has 0 aliphatic heterocycles. The minimum Gasteiger partial charge on any atom is -0.398 e. The molecule has 0 unspecified atom stereocenters. The molecule has 6 heteroatoms. The van der Waals surface area contributed by atoms with E-state index in [-0.39, 0.29) is 10.0 Å². The van der Waals surface area contributed by atoms with Crippen molar-refractivity contribution in [2.45, 2.75) is 6.92 Å². The summed E-state index contributed by atoms with van der Waals surface area (Å²) in [6, 6.07) is 7.50. The Morgan fingerprint density at radius 2 is 2.10 bits per heavy atom. The fourth-order valence-corrected chi connectivity index (χ4v) is 2.32. The molecule has 0 aliphatic carbocycles. The number of carbonyl (C=O) groups is 1. The third-order valence-electron chi connectivity index (χ3n) is 2.79. The zero-order chi connectivity index (χ0) is 14.9. The number of aryl methyl sites for hydroxylation is 1. The number of benzene rings is 2. The third-order valence-corrected chi connectivity index (χ3v) is 3.92. The number of nitrogens with one attached hydrogen (secondary N) is 1.